The molecule has 1 aromatic rings. The molecule has 0 spiro atoms. The lowest BCUT2D eigenvalue weighted by molar-refractivity contribution is 0.334. The maximum atomic E-state index is 3.86. The first-order chi connectivity index (χ1) is 9.99. The lowest BCUT2D eigenvalue weighted by Gasteiger charge is -2.29. The molecule has 21 heavy (non-hydrogen) atoms. The topological polar surface area (TPSA) is 12.0 Å². The van der Waals surface area contributed by atoms with Crippen LogP contribution >= 0.6 is 0 Å². The second kappa shape index (κ2) is 7.45. The summed E-state index contributed by atoms with van der Waals surface area (Å²) in [5.74, 6) is 1.79. The second-order valence-electron chi connectivity index (χ2n) is 7.84. The molecule has 1 aromatic carbocycles. The fraction of sp³-hybridized carbons (Fsp3) is 0.700. The van der Waals surface area contributed by atoms with Crippen molar-refractivity contribution < 1.29 is 0 Å². The highest BCUT2D eigenvalue weighted by Gasteiger charge is 2.24. The first kappa shape index (κ1) is 16.5. The highest BCUT2D eigenvalue weighted by molar-refractivity contribution is 5.23. The van der Waals surface area contributed by atoms with Gasteiger partial charge in [-0.2, -0.15) is 0 Å². The van der Waals surface area contributed by atoms with Gasteiger partial charge in [-0.15, -0.1) is 0 Å². The first-order valence-corrected chi connectivity index (χ1v) is 8.78. The third-order valence-corrected chi connectivity index (χ3v) is 5.34. The van der Waals surface area contributed by atoms with E-state index in [-0.39, 0.29) is 5.41 Å². The van der Waals surface area contributed by atoms with Crippen molar-refractivity contribution in [3.63, 3.8) is 0 Å². The summed E-state index contributed by atoms with van der Waals surface area (Å²) in [5, 5.41) is 3.86. The number of hydrogen-bond donors (Lipinski definition) is 1. The lowest BCUT2D eigenvalue weighted by Crippen LogP contribution is -2.39. The van der Waals surface area contributed by atoms with E-state index in [4.69, 9.17) is 0 Å². The van der Waals surface area contributed by atoms with E-state index < -0.39 is 0 Å². The Morgan fingerprint density at radius 1 is 1.05 bits per heavy atom. The number of benzene rings is 1. The van der Waals surface area contributed by atoms with E-state index in [9.17, 15) is 0 Å². The van der Waals surface area contributed by atoms with Gasteiger partial charge in [-0.1, -0.05) is 70.9 Å². The van der Waals surface area contributed by atoms with Crippen molar-refractivity contribution in [1.82, 2.24) is 5.32 Å². The molecule has 0 bridgehead atoms. The van der Waals surface area contributed by atoms with Crippen molar-refractivity contribution in [1.29, 1.82) is 0 Å². The Balaban J connectivity index is 1.85. The highest BCUT2D eigenvalue weighted by Crippen LogP contribution is 2.29. The van der Waals surface area contributed by atoms with Crippen molar-refractivity contribution >= 4 is 0 Å². The van der Waals surface area contributed by atoms with Crippen LogP contribution in [0.4, 0.5) is 0 Å². The normalized spacial score (nSPS) is 24.0. The monoisotopic (exact) mass is 287 g/mol. The van der Waals surface area contributed by atoms with Gasteiger partial charge in [-0.3, -0.25) is 0 Å². The number of nitrogens with one attached hydrogen (secondary N) is 1. The minimum Gasteiger partial charge on any atom is -0.313 e. The maximum Gasteiger partial charge on any atom is 0.00675 e. The summed E-state index contributed by atoms with van der Waals surface area (Å²) in [6.45, 7) is 10.5. The largest absolute Gasteiger partial charge is 0.313 e. The molecule has 1 fully saturated rings. The van der Waals surface area contributed by atoms with Crippen LogP contribution in [0.5, 0.6) is 0 Å². The molecular weight excluding hydrogens is 254 g/mol. The fourth-order valence-electron chi connectivity index (χ4n) is 3.59. The third-order valence-electron chi connectivity index (χ3n) is 5.34. The van der Waals surface area contributed by atoms with Gasteiger partial charge in [-0.05, 0) is 36.7 Å². The van der Waals surface area contributed by atoms with Crippen molar-refractivity contribution in [3.05, 3.63) is 35.9 Å². The summed E-state index contributed by atoms with van der Waals surface area (Å²) >= 11 is 0. The molecule has 0 aromatic heterocycles. The Hall–Kier alpha value is -0.820. The van der Waals surface area contributed by atoms with Crippen LogP contribution < -0.4 is 5.32 Å². The predicted molar refractivity (Wildman–Crippen MR) is 92.7 cm³/mol. The summed E-state index contributed by atoms with van der Waals surface area (Å²) in [6, 6.07) is 11.6. The molecular formula is C20H33N. The summed E-state index contributed by atoms with van der Waals surface area (Å²) in [4.78, 5) is 0. The molecule has 1 N–H and O–H groups in total. The van der Waals surface area contributed by atoms with Gasteiger partial charge in [-0.25, -0.2) is 0 Å². The predicted octanol–water partition coefficient (Wildman–Crippen LogP) is 5.16. The lowest BCUT2D eigenvalue weighted by atomic mass is 9.84. The molecule has 0 amide bonds. The van der Waals surface area contributed by atoms with Gasteiger partial charge in [0.1, 0.15) is 0 Å². The summed E-state index contributed by atoms with van der Waals surface area (Å²) in [6.07, 6.45) is 6.94. The third kappa shape index (κ3) is 4.85. The van der Waals surface area contributed by atoms with E-state index in [1.165, 1.54) is 37.7 Å². The molecule has 1 nitrogen and oxygen atoms in total. The standard InChI is InChI=1S/C20H33N/c1-16(2)17-9-8-12-19(14-13-17)21-15-20(3,4)18-10-6-5-7-11-18/h5-7,10-11,16-17,19,21H,8-9,12-15H2,1-4H3. The van der Waals surface area contributed by atoms with Crippen molar-refractivity contribution in [2.75, 3.05) is 6.54 Å². The molecule has 0 aliphatic heterocycles. The number of hydrogen-bond acceptors (Lipinski definition) is 1. The minimum atomic E-state index is 0.213. The molecule has 0 saturated heterocycles. The van der Waals surface area contributed by atoms with Crippen LogP contribution in [0.3, 0.4) is 0 Å². The molecule has 2 atom stereocenters. The zero-order chi connectivity index (χ0) is 15.3. The first-order valence-electron chi connectivity index (χ1n) is 8.78. The van der Waals surface area contributed by atoms with Crippen LogP contribution in [0.2, 0.25) is 0 Å². The average Bonchev–Trinajstić information content (AvgIpc) is 2.72. The number of rotatable bonds is 5. The van der Waals surface area contributed by atoms with E-state index >= 15 is 0 Å². The Bertz CT molecular complexity index is 407. The van der Waals surface area contributed by atoms with E-state index in [2.05, 4.69) is 63.3 Å². The van der Waals surface area contributed by atoms with Crippen LogP contribution in [-0.4, -0.2) is 12.6 Å². The van der Waals surface area contributed by atoms with Crippen LogP contribution in [-0.2, 0) is 5.41 Å². The van der Waals surface area contributed by atoms with Gasteiger partial charge in [0, 0.05) is 18.0 Å². The smallest absolute Gasteiger partial charge is 0.00675 e. The van der Waals surface area contributed by atoms with Crippen molar-refractivity contribution in [3.8, 4) is 0 Å². The van der Waals surface area contributed by atoms with E-state index in [1.54, 1.807) is 0 Å². The summed E-state index contributed by atoms with van der Waals surface area (Å²) in [5.41, 5.74) is 1.65. The molecule has 2 rings (SSSR count). The SMILES string of the molecule is CC(C)C1CCCC(NCC(C)(C)c2ccccc2)CC1. The molecule has 1 heteroatoms. The molecule has 0 radical (unpaired) electrons. The molecule has 1 saturated carbocycles. The summed E-state index contributed by atoms with van der Waals surface area (Å²) < 4.78 is 0. The zero-order valence-electron chi connectivity index (χ0n) is 14.4. The van der Waals surface area contributed by atoms with E-state index in [1.807, 2.05) is 0 Å². The van der Waals surface area contributed by atoms with Gasteiger partial charge in [0.25, 0.3) is 0 Å². The highest BCUT2D eigenvalue weighted by atomic mass is 14.9. The fourth-order valence-corrected chi connectivity index (χ4v) is 3.59. The average molecular weight is 287 g/mol. The van der Waals surface area contributed by atoms with E-state index in [0.29, 0.717) is 0 Å². The van der Waals surface area contributed by atoms with Gasteiger partial charge < -0.3 is 5.32 Å². The van der Waals surface area contributed by atoms with Crippen LogP contribution in [0, 0.1) is 11.8 Å². The Kier molecular flexibility index (Phi) is 5.87. The van der Waals surface area contributed by atoms with Gasteiger partial charge in [0.15, 0.2) is 0 Å². The van der Waals surface area contributed by atoms with Crippen molar-refractivity contribution in [2.24, 2.45) is 11.8 Å². The zero-order valence-corrected chi connectivity index (χ0v) is 14.4. The second-order valence-corrected chi connectivity index (χ2v) is 7.84. The molecule has 118 valence electrons. The maximum absolute atomic E-state index is 3.86. The molecule has 1 aliphatic carbocycles. The van der Waals surface area contributed by atoms with Crippen molar-refractivity contribution in [2.45, 2.75) is 71.3 Å². The van der Waals surface area contributed by atoms with Gasteiger partial charge in [0.2, 0.25) is 0 Å². The Labute approximate surface area is 131 Å². The Morgan fingerprint density at radius 3 is 2.43 bits per heavy atom. The quantitative estimate of drug-likeness (QED) is 0.738. The molecule has 0 heterocycles. The van der Waals surface area contributed by atoms with Crippen LogP contribution in [0.25, 0.3) is 0 Å². The summed E-state index contributed by atoms with van der Waals surface area (Å²) in [7, 11) is 0. The van der Waals surface area contributed by atoms with Crippen LogP contribution in [0.1, 0.15) is 65.4 Å². The molecule has 2 unspecified atom stereocenters. The Morgan fingerprint density at radius 2 is 1.76 bits per heavy atom. The van der Waals surface area contributed by atoms with Gasteiger partial charge in [0.05, 0.1) is 0 Å². The van der Waals surface area contributed by atoms with Crippen LogP contribution in [0.15, 0.2) is 30.3 Å². The van der Waals surface area contributed by atoms with E-state index in [0.717, 1.165) is 24.4 Å². The van der Waals surface area contributed by atoms with Gasteiger partial charge >= 0.3 is 0 Å². The molecule has 1 aliphatic rings. The minimum absolute atomic E-state index is 0.213.